The second-order valence-corrected chi connectivity index (χ2v) is 3.79. The first-order chi connectivity index (χ1) is 7.24. The summed E-state index contributed by atoms with van der Waals surface area (Å²) in [5.74, 6) is 0.337. The third kappa shape index (κ3) is 2.62. The highest BCUT2D eigenvalue weighted by Crippen LogP contribution is 2.14. The van der Waals surface area contributed by atoms with Gasteiger partial charge in [0.05, 0.1) is 6.61 Å². The van der Waals surface area contributed by atoms with Gasteiger partial charge in [-0.05, 0) is 24.1 Å². The fourth-order valence-electron chi connectivity index (χ4n) is 1.72. The summed E-state index contributed by atoms with van der Waals surface area (Å²) in [5.41, 5.74) is 7.64. The van der Waals surface area contributed by atoms with E-state index in [1.807, 2.05) is 24.3 Å². The second-order valence-electron chi connectivity index (χ2n) is 3.79. The molecule has 1 aromatic carbocycles. The molecule has 0 saturated carbocycles. The van der Waals surface area contributed by atoms with Crippen molar-refractivity contribution in [3.8, 4) is 0 Å². The summed E-state index contributed by atoms with van der Waals surface area (Å²) in [6.45, 7) is 1.16. The van der Waals surface area contributed by atoms with Crippen molar-refractivity contribution in [3.05, 3.63) is 29.8 Å². The molecule has 1 amide bonds. The summed E-state index contributed by atoms with van der Waals surface area (Å²) in [6.07, 6.45) is 0.560. The van der Waals surface area contributed by atoms with Crippen LogP contribution in [0.5, 0.6) is 0 Å². The van der Waals surface area contributed by atoms with Crippen LogP contribution in [0.25, 0.3) is 0 Å². The highest BCUT2D eigenvalue weighted by Gasteiger charge is 2.18. The monoisotopic (exact) mass is 206 g/mol. The number of ether oxygens (including phenoxy) is 1. The number of benzene rings is 1. The van der Waals surface area contributed by atoms with Crippen LogP contribution in [-0.2, 0) is 11.2 Å². The van der Waals surface area contributed by atoms with Crippen LogP contribution in [0.15, 0.2) is 24.3 Å². The maximum absolute atomic E-state index is 10.8. The van der Waals surface area contributed by atoms with Crippen LogP contribution in [-0.4, -0.2) is 19.2 Å². The predicted molar refractivity (Wildman–Crippen MR) is 57.4 cm³/mol. The lowest BCUT2D eigenvalue weighted by atomic mass is 9.99. The number of carbonyl (C=O) groups is 1. The van der Waals surface area contributed by atoms with Gasteiger partial charge in [-0.15, -0.1) is 0 Å². The van der Waals surface area contributed by atoms with Gasteiger partial charge < -0.3 is 15.8 Å². The van der Waals surface area contributed by atoms with E-state index in [4.69, 9.17) is 10.5 Å². The normalized spacial score (nSPS) is 20.5. The van der Waals surface area contributed by atoms with Gasteiger partial charge in [0.1, 0.15) is 0 Å². The van der Waals surface area contributed by atoms with E-state index in [-0.39, 0.29) is 6.09 Å². The number of nitrogens with one attached hydrogen (secondary N) is 1. The zero-order chi connectivity index (χ0) is 10.7. The number of nitrogens with two attached hydrogens (primary N) is 1. The molecule has 1 atom stereocenters. The maximum atomic E-state index is 10.8. The number of carbonyl (C=O) groups excluding carboxylic acids is 1. The van der Waals surface area contributed by atoms with Gasteiger partial charge in [0, 0.05) is 18.2 Å². The van der Waals surface area contributed by atoms with E-state index in [1.165, 1.54) is 5.56 Å². The van der Waals surface area contributed by atoms with Crippen molar-refractivity contribution in [3.63, 3.8) is 0 Å². The second kappa shape index (κ2) is 4.21. The van der Waals surface area contributed by atoms with Crippen LogP contribution >= 0.6 is 0 Å². The van der Waals surface area contributed by atoms with Crippen LogP contribution in [0.2, 0.25) is 0 Å². The maximum Gasteiger partial charge on any atom is 0.407 e. The molecule has 1 aliphatic rings. The van der Waals surface area contributed by atoms with E-state index in [0.29, 0.717) is 19.1 Å². The summed E-state index contributed by atoms with van der Waals surface area (Å²) in [7, 11) is 0. The van der Waals surface area contributed by atoms with Crippen molar-refractivity contribution in [1.82, 2.24) is 5.32 Å². The highest BCUT2D eigenvalue weighted by atomic mass is 16.6. The van der Waals surface area contributed by atoms with Crippen LogP contribution < -0.4 is 11.1 Å². The molecule has 4 heteroatoms. The molecule has 1 fully saturated rings. The minimum absolute atomic E-state index is 0.321. The first-order valence-electron chi connectivity index (χ1n) is 4.99. The Hall–Kier alpha value is -1.71. The molecule has 0 spiro atoms. The summed E-state index contributed by atoms with van der Waals surface area (Å²) in [4.78, 5) is 10.8. The number of alkyl carbamates (subject to hydrolysis) is 1. The van der Waals surface area contributed by atoms with E-state index >= 15 is 0 Å². The van der Waals surface area contributed by atoms with Gasteiger partial charge in [-0.3, -0.25) is 0 Å². The molecule has 0 aromatic heterocycles. The van der Waals surface area contributed by atoms with E-state index in [2.05, 4.69) is 5.32 Å². The lowest BCUT2D eigenvalue weighted by Crippen LogP contribution is -2.39. The molecule has 1 aliphatic heterocycles. The molecule has 4 nitrogen and oxygen atoms in total. The van der Waals surface area contributed by atoms with Gasteiger partial charge in [0.25, 0.3) is 0 Å². The Morgan fingerprint density at radius 3 is 3.07 bits per heavy atom. The summed E-state index contributed by atoms with van der Waals surface area (Å²) in [6, 6.07) is 7.79. The Morgan fingerprint density at radius 2 is 2.40 bits per heavy atom. The van der Waals surface area contributed by atoms with Gasteiger partial charge in [0.15, 0.2) is 0 Å². The van der Waals surface area contributed by atoms with Crippen molar-refractivity contribution in [2.24, 2.45) is 5.92 Å². The number of nitrogen functional groups attached to an aromatic ring is 1. The Morgan fingerprint density at radius 1 is 1.53 bits per heavy atom. The molecule has 1 unspecified atom stereocenters. The summed E-state index contributed by atoms with van der Waals surface area (Å²) in [5, 5.41) is 2.67. The first-order valence-corrected chi connectivity index (χ1v) is 4.99. The topological polar surface area (TPSA) is 64.3 Å². The first kappa shape index (κ1) is 9.83. The Labute approximate surface area is 88.4 Å². The van der Waals surface area contributed by atoms with Gasteiger partial charge in [0.2, 0.25) is 0 Å². The molecule has 1 saturated heterocycles. The molecular formula is C11H14N2O2. The molecule has 0 bridgehead atoms. The third-order valence-electron chi connectivity index (χ3n) is 2.46. The van der Waals surface area contributed by atoms with Crippen molar-refractivity contribution in [2.45, 2.75) is 6.42 Å². The summed E-state index contributed by atoms with van der Waals surface area (Å²) < 4.78 is 4.91. The molecule has 1 heterocycles. The molecule has 3 N–H and O–H groups in total. The summed E-state index contributed by atoms with van der Waals surface area (Å²) >= 11 is 0. The minimum atomic E-state index is -0.321. The number of cyclic esters (lactones) is 1. The average molecular weight is 206 g/mol. The molecule has 15 heavy (non-hydrogen) atoms. The molecule has 2 rings (SSSR count). The van der Waals surface area contributed by atoms with Crippen molar-refractivity contribution in [2.75, 3.05) is 18.9 Å². The number of amides is 1. The average Bonchev–Trinajstić information content (AvgIpc) is 2.22. The standard InChI is InChI=1S/C11H14N2O2/c12-10-3-1-2-8(5-10)4-9-6-13-11(14)15-7-9/h1-3,5,9H,4,6-7,12H2,(H,13,14). The fourth-order valence-corrected chi connectivity index (χ4v) is 1.72. The van der Waals surface area contributed by atoms with E-state index in [1.54, 1.807) is 0 Å². The molecule has 80 valence electrons. The van der Waals surface area contributed by atoms with E-state index in [9.17, 15) is 4.79 Å². The van der Waals surface area contributed by atoms with Crippen LogP contribution in [0.3, 0.4) is 0 Å². The van der Waals surface area contributed by atoms with Crippen LogP contribution in [0, 0.1) is 5.92 Å². The van der Waals surface area contributed by atoms with Crippen LogP contribution in [0.4, 0.5) is 10.5 Å². The quantitative estimate of drug-likeness (QED) is 0.714. The van der Waals surface area contributed by atoms with Gasteiger partial charge in [-0.25, -0.2) is 4.79 Å². The molecular weight excluding hydrogens is 192 g/mol. The smallest absolute Gasteiger partial charge is 0.407 e. The van der Waals surface area contributed by atoms with Crippen molar-refractivity contribution in [1.29, 1.82) is 0 Å². The zero-order valence-electron chi connectivity index (χ0n) is 8.40. The molecule has 1 aromatic rings. The Balaban J connectivity index is 1.94. The number of rotatable bonds is 2. The van der Waals surface area contributed by atoms with E-state index < -0.39 is 0 Å². The zero-order valence-corrected chi connectivity index (χ0v) is 8.40. The lowest BCUT2D eigenvalue weighted by molar-refractivity contribution is 0.103. The Kier molecular flexibility index (Phi) is 2.76. The fraction of sp³-hybridized carbons (Fsp3) is 0.364. The van der Waals surface area contributed by atoms with Crippen molar-refractivity contribution < 1.29 is 9.53 Å². The Bertz CT molecular complexity index is 355. The minimum Gasteiger partial charge on any atom is -0.449 e. The van der Waals surface area contributed by atoms with Gasteiger partial charge >= 0.3 is 6.09 Å². The van der Waals surface area contributed by atoms with E-state index in [0.717, 1.165) is 12.1 Å². The molecule has 0 aliphatic carbocycles. The number of hydrogen-bond acceptors (Lipinski definition) is 3. The number of hydrogen-bond donors (Lipinski definition) is 2. The van der Waals surface area contributed by atoms with Crippen LogP contribution in [0.1, 0.15) is 5.56 Å². The van der Waals surface area contributed by atoms with Gasteiger partial charge in [-0.2, -0.15) is 0 Å². The predicted octanol–water partition coefficient (Wildman–Crippen LogP) is 1.17. The van der Waals surface area contributed by atoms with Gasteiger partial charge in [-0.1, -0.05) is 12.1 Å². The third-order valence-corrected chi connectivity index (χ3v) is 2.46. The van der Waals surface area contributed by atoms with Crippen molar-refractivity contribution >= 4 is 11.8 Å². The largest absolute Gasteiger partial charge is 0.449 e. The number of anilines is 1. The SMILES string of the molecule is Nc1cccc(CC2CNC(=O)OC2)c1. The lowest BCUT2D eigenvalue weighted by Gasteiger charge is -2.22. The highest BCUT2D eigenvalue weighted by molar-refractivity contribution is 5.67. The molecule has 0 radical (unpaired) electrons.